The summed E-state index contributed by atoms with van der Waals surface area (Å²) in [5.74, 6) is 0.716. The van der Waals surface area contributed by atoms with Crippen molar-refractivity contribution >= 4 is 31.6 Å². The second kappa shape index (κ2) is 15.8. The fourth-order valence-electron chi connectivity index (χ4n) is 8.42. The van der Waals surface area contributed by atoms with E-state index in [2.05, 4.69) is 231 Å². The minimum Gasteiger partial charge on any atom is -0.227 e. The van der Waals surface area contributed by atoms with Gasteiger partial charge in [0.25, 0.3) is 0 Å². The SMILES string of the molecule is c1ccc(-c2cccc(-c3cccc(-c4cccc(-c5nc(-c6cccc(-c7cccc(-c8cccc(-c9ccccc9)c8)c7)c6)c6c(n5)sc5ccccc56)c4)c3)c2)cc1. The molecule has 286 valence electrons. The Morgan fingerprint density at radius 1 is 0.262 bits per heavy atom. The molecule has 0 saturated carbocycles. The van der Waals surface area contributed by atoms with Gasteiger partial charge < -0.3 is 0 Å². The molecule has 0 aliphatic rings. The van der Waals surface area contributed by atoms with E-state index in [0.717, 1.165) is 49.3 Å². The largest absolute Gasteiger partial charge is 0.227 e. The molecule has 0 fully saturated rings. The van der Waals surface area contributed by atoms with Crippen LogP contribution in [0, 0.1) is 0 Å². The number of hydrogen-bond donors (Lipinski definition) is 0. The first-order valence-corrected chi connectivity index (χ1v) is 21.4. The first kappa shape index (κ1) is 36.4. The third kappa shape index (κ3) is 7.22. The summed E-state index contributed by atoms with van der Waals surface area (Å²) in [5.41, 5.74) is 17.1. The lowest BCUT2D eigenvalue weighted by Crippen LogP contribution is -1.94. The Morgan fingerprint density at radius 3 is 1.05 bits per heavy atom. The first-order chi connectivity index (χ1) is 30.2. The maximum Gasteiger partial charge on any atom is 0.161 e. The summed E-state index contributed by atoms with van der Waals surface area (Å²) in [6.07, 6.45) is 0. The summed E-state index contributed by atoms with van der Waals surface area (Å²) < 4.78 is 1.20. The second-order valence-electron chi connectivity index (χ2n) is 15.4. The lowest BCUT2D eigenvalue weighted by atomic mass is 9.95. The quantitative estimate of drug-likeness (QED) is 0.153. The number of fused-ring (bicyclic) bond motifs is 3. The van der Waals surface area contributed by atoms with E-state index in [-0.39, 0.29) is 0 Å². The average Bonchev–Trinajstić information content (AvgIpc) is 3.73. The normalized spacial score (nSPS) is 11.3. The lowest BCUT2D eigenvalue weighted by molar-refractivity contribution is 1.24. The lowest BCUT2D eigenvalue weighted by Gasteiger charge is -2.12. The summed E-state index contributed by atoms with van der Waals surface area (Å²) in [7, 11) is 0. The summed E-state index contributed by atoms with van der Waals surface area (Å²) in [4.78, 5) is 11.7. The van der Waals surface area contributed by atoms with Gasteiger partial charge in [0, 0.05) is 26.6 Å². The molecule has 0 saturated heterocycles. The topological polar surface area (TPSA) is 25.8 Å². The molecule has 11 rings (SSSR count). The van der Waals surface area contributed by atoms with E-state index in [0.29, 0.717) is 5.82 Å². The van der Waals surface area contributed by atoms with Crippen LogP contribution in [0.5, 0.6) is 0 Å². The van der Waals surface area contributed by atoms with Crippen LogP contribution in [-0.2, 0) is 0 Å². The van der Waals surface area contributed by atoms with Gasteiger partial charge in [-0.15, -0.1) is 11.3 Å². The molecular weight excluding hydrogens is 757 g/mol. The molecule has 0 unspecified atom stereocenters. The van der Waals surface area contributed by atoms with Gasteiger partial charge >= 0.3 is 0 Å². The third-order valence-electron chi connectivity index (χ3n) is 11.5. The van der Waals surface area contributed by atoms with Gasteiger partial charge in [-0.2, -0.15) is 0 Å². The molecule has 0 N–H and O–H groups in total. The van der Waals surface area contributed by atoms with Crippen LogP contribution in [-0.4, -0.2) is 9.97 Å². The predicted octanol–water partition coefficient (Wildman–Crippen LogP) is 16.2. The van der Waals surface area contributed by atoms with Crippen molar-refractivity contribution < 1.29 is 0 Å². The first-order valence-electron chi connectivity index (χ1n) is 20.6. The Balaban J connectivity index is 0.972. The molecule has 2 heterocycles. The van der Waals surface area contributed by atoms with Gasteiger partial charge in [-0.3, -0.25) is 0 Å². The number of hydrogen-bond acceptors (Lipinski definition) is 3. The molecule has 9 aromatic carbocycles. The number of aromatic nitrogens is 2. The molecule has 0 atom stereocenters. The molecule has 3 heteroatoms. The second-order valence-corrected chi connectivity index (χ2v) is 16.4. The Bertz CT molecular complexity index is 3370. The van der Waals surface area contributed by atoms with Crippen LogP contribution in [0.25, 0.3) is 110 Å². The van der Waals surface area contributed by atoms with Crippen LogP contribution in [0.4, 0.5) is 0 Å². The Labute approximate surface area is 359 Å². The van der Waals surface area contributed by atoms with E-state index in [1.807, 2.05) is 0 Å². The molecule has 0 amide bonds. The van der Waals surface area contributed by atoms with E-state index in [9.17, 15) is 0 Å². The summed E-state index contributed by atoms with van der Waals surface area (Å²) in [5, 5.41) is 2.27. The van der Waals surface area contributed by atoms with Crippen LogP contribution >= 0.6 is 11.3 Å². The number of thiophene rings is 1. The van der Waals surface area contributed by atoms with Crippen molar-refractivity contribution in [1.82, 2.24) is 9.97 Å². The zero-order chi connectivity index (χ0) is 40.5. The summed E-state index contributed by atoms with van der Waals surface area (Å²) in [6.45, 7) is 0. The van der Waals surface area contributed by atoms with Crippen LogP contribution in [0.2, 0.25) is 0 Å². The van der Waals surface area contributed by atoms with Gasteiger partial charge in [0.1, 0.15) is 4.83 Å². The molecule has 2 aromatic heterocycles. The van der Waals surface area contributed by atoms with E-state index >= 15 is 0 Å². The van der Waals surface area contributed by atoms with Gasteiger partial charge in [0.2, 0.25) is 0 Å². The standard InChI is InChI=1S/C58H38N2S/c1-3-15-39(16-4-1)41-19-9-21-43(33-41)45-23-11-25-47(35-45)49-27-13-29-51(37-49)56-55-53-31-7-8-32-54(53)61-58(55)60-57(59-56)52-30-14-28-50(38-52)48-26-12-24-46(36-48)44-22-10-20-42(34-44)40-17-5-2-6-18-40/h1-38H. The minimum absolute atomic E-state index is 0.716. The Morgan fingerprint density at radius 2 is 0.590 bits per heavy atom. The fourth-order valence-corrected chi connectivity index (χ4v) is 9.50. The minimum atomic E-state index is 0.716. The van der Waals surface area contributed by atoms with E-state index < -0.39 is 0 Å². The number of rotatable bonds is 8. The smallest absolute Gasteiger partial charge is 0.161 e. The zero-order valence-electron chi connectivity index (χ0n) is 33.2. The highest BCUT2D eigenvalue weighted by Gasteiger charge is 2.18. The molecular formula is C58H38N2S. The third-order valence-corrected chi connectivity index (χ3v) is 12.6. The highest BCUT2D eigenvalue weighted by Crippen LogP contribution is 2.41. The molecule has 11 aromatic rings. The van der Waals surface area contributed by atoms with Crippen molar-refractivity contribution in [2.75, 3.05) is 0 Å². The Kier molecular flexibility index (Phi) is 9.42. The molecule has 0 radical (unpaired) electrons. The molecule has 61 heavy (non-hydrogen) atoms. The van der Waals surface area contributed by atoms with Crippen molar-refractivity contribution in [3.05, 3.63) is 231 Å². The van der Waals surface area contributed by atoms with E-state index in [4.69, 9.17) is 9.97 Å². The highest BCUT2D eigenvalue weighted by atomic mass is 32.1. The molecule has 0 aliphatic carbocycles. The average molecular weight is 795 g/mol. The summed E-state index contributed by atoms with van der Waals surface area (Å²) >= 11 is 1.73. The maximum atomic E-state index is 5.44. The molecule has 0 aliphatic heterocycles. The summed E-state index contributed by atoms with van der Waals surface area (Å²) in [6, 6.07) is 82.4. The number of benzene rings is 9. The number of nitrogens with zero attached hydrogens (tertiary/aromatic N) is 2. The molecule has 2 nitrogen and oxygen atoms in total. The zero-order valence-corrected chi connectivity index (χ0v) is 34.1. The van der Waals surface area contributed by atoms with Crippen molar-refractivity contribution in [3.8, 4) is 89.4 Å². The fraction of sp³-hybridized carbons (Fsp3) is 0. The Hall–Kier alpha value is -7.72. The van der Waals surface area contributed by atoms with Gasteiger partial charge in [0.05, 0.1) is 5.69 Å². The van der Waals surface area contributed by atoms with E-state index in [1.54, 1.807) is 11.3 Å². The highest BCUT2D eigenvalue weighted by molar-refractivity contribution is 7.25. The molecule has 0 bridgehead atoms. The van der Waals surface area contributed by atoms with Crippen molar-refractivity contribution in [1.29, 1.82) is 0 Å². The van der Waals surface area contributed by atoms with Crippen molar-refractivity contribution in [2.45, 2.75) is 0 Å². The van der Waals surface area contributed by atoms with Crippen molar-refractivity contribution in [3.63, 3.8) is 0 Å². The predicted molar refractivity (Wildman–Crippen MR) is 258 cm³/mol. The van der Waals surface area contributed by atoms with Gasteiger partial charge in [0.15, 0.2) is 5.82 Å². The van der Waals surface area contributed by atoms with Gasteiger partial charge in [-0.1, -0.05) is 188 Å². The van der Waals surface area contributed by atoms with Crippen molar-refractivity contribution in [2.24, 2.45) is 0 Å². The van der Waals surface area contributed by atoms with Crippen LogP contribution in [0.1, 0.15) is 0 Å². The molecule has 0 spiro atoms. The van der Waals surface area contributed by atoms with Crippen LogP contribution in [0.15, 0.2) is 231 Å². The van der Waals surface area contributed by atoms with Gasteiger partial charge in [-0.05, 0) is 109 Å². The van der Waals surface area contributed by atoms with E-state index in [1.165, 1.54) is 54.6 Å². The maximum absolute atomic E-state index is 5.44. The van der Waals surface area contributed by atoms with Gasteiger partial charge in [-0.25, -0.2) is 9.97 Å². The van der Waals surface area contributed by atoms with Crippen LogP contribution < -0.4 is 0 Å². The van der Waals surface area contributed by atoms with Crippen LogP contribution in [0.3, 0.4) is 0 Å². The monoisotopic (exact) mass is 794 g/mol.